The topological polar surface area (TPSA) is 67.8 Å². The Hall–Kier alpha value is -3.85. The Morgan fingerprint density at radius 1 is 1.00 bits per heavy atom. The number of carbonyl (C=O) groups excluding carboxylic acids is 1. The summed E-state index contributed by atoms with van der Waals surface area (Å²) in [6.45, 7) is 1.81. The number of nitrogens with one attached hydrogen (secondary N) is 1. The Labute approximate surface area is 201 Å². The van der Waals surface area contributed by atoms with Gasteiger partial charge in [-0.15, -0.1) is 0 Å². The van der Waals surface area contributed by atoms with E-state index in [1.165, 1.54) is 12.1 Å². The second kappa shape index (κ2) is 8.74. The van der Waals surface area contributed by atoms with Crippen molar-refractivity contribution in [2.75, 3.05) is 5.75 Å². The highest BCUT2D eigenvalue weighted by atomic mass is 32.2. The van der Waals surface area contributed by atoms with Gasteiger partial charge in [0, 0.05) is 22.2 Å². The Kier molecular flexibility index (Phi) is 5.72. The van der Waals surface area contributed by atoms with Crippen molar-refractivity contribution >= 4 is 39.4 Å². The third-order valence-corrected chi connectivity index (χ3v) is 6.62. The molecule has 9 heteroatoms. The number of H-pyrrole nitrogens is 1. The zero-order valence-electron chi connectivity index (χ0n) is 18.4. The van der Waals surface area contributed by atoms with Gasteiger partial charge in [0.05, 0.1) is 27.9 Å². The minimum absolute atomic E-state index is 0.0290. The van der Waals surface area contributed by atoms with Gasteiger partial charge >= 0.3 is 6.18 Å². The van der Waals surface area contributed by atoms with E-state index in [9.17, 15) is 22.8 Å². The lowest BCUT2D eigenvalue weighted by Crippen LogP contribution is -2.22. The normalized spacial score (nSPS) is 11.9. The fourth-order valence-corrected chi connectivity index (χ4v) is 4.98. The van der Waals surface area contributed by atoms with Crippen molar-refractivity contribution in [2.45, 2.75) is 18.3 Å². The molecule has 0 amide bonds. The molecule has 5 nitrogen and oxygen atoms in total. The number of halogens is 3. The number of carbonyl (C=O) groups is 1. The number of hydrogen-bond acceptors (Lipinski definition) is 4. The summed E-state index contributed by atoms with van der Waals surface area (Å²) in [6, 6.07) is 18.6. The molecule has 1 N–H and O–H groups in total. The molecule has 0 bridgehead atoms. The number of Topliss-reactive ketones (excluding diaryl/α,β-unsaturated/α-hetero) is 1. The van der Waals surface area contributed by atoms with E-state index in [2.05, 4.69) is 9.97 Å². The molecule has 0 saturated carbocycles. The molecule has 0 saturated heterocycles. The van der Waals surface area contributed by atoms with Crippen LogP contribution >= 0.6 is 11.8 Å². The minimum Gasteiger partial charge on any atom is -0.358 e. The summed E-state index contributed by atoms with van der Waals surface area (Å²) in [6.07, 6.45) is -4.57. The van der Waals surface area contributed by atoms with Crippen LogP contribution in [0.1, 0.15) is 21.6 Å². The molecule has 0 unspecified atom stereocenters. The quantitative estimate of drug-likeness (QED) is 0.181. The summed E-state index contributed by atoms with van der Waals surface area (Å²) in [7, 11) is 0. The molecule has 5 rings (SSSR count). The number of aromatic nitrogens is 3. The molecule has 0 spiro atoms. The van der Waals surface area contributed by atoms with Crippen LogP contribution in [0.3, 0.4) is 0 Å². The van der Waals surface area contributed by atoms with Crippen LogP contribution in [0, 0.1) is 6.92 Å². The third kappa shape index (κ3) is 4.23. The summed E-state index contributed by atoms with van der Waals surface area (Å²) >= 11 is 1.02. The van der Waals surface area contributed by atoms with Crippen LogP contribution in [-0.2, 0) is 6.18 Å². The van der Waals surface area contributed by atoms with E-state index in [0.717, 1.165) is 45.1 Å². The summed E-state index contributed by atoms with van der Waals surface area (Å²) in [4.78, 5) is 34.3. The Bertz CT molecular complexity index is 1650. The van der Waals surface area contributed by atoms with Gasteiger partial charge in [0.15, 0.2) is 10.9 Å². The first-order valence-electron chi connectivity index (χ1n) is 10.7. The van der Waals surface area contributed by atoms with E-state index in [0.29, 0.717) is 11.1 Å². The number of benzene rings is 3. The molecule has 35 heavy (non-hydrogen) atoms. The average molecular weight is 494 g/mol. The molecule has 0 aliphatic carbocycles. The van der Waals surface area contributed by atoms with Crippen LogP contribution in [0.25, 0.3) is 27.5 Å². The fraction of sp³-hybridized carbons (Fsp3) is 0.115. The molecule has 0 atom stereocenters. The second-order valence-electron chi connectivity index (χ2n) is 7.98. The Balaban J connectivity index is 1.59. The molecule has 0 fully saturated rings. The van der Waals surface area contributed by atoms with Gasteiger partial charge in [-0.3, -0.25) is 14.2 Å². The number of ketones is 1. The van der Waals surface area contributed by atoms with Crippen molar-refractivity contribution < 1.29 is 18.0 Å². The number of aromatic amines is 1. The fourth-order valence-electron chi connectivity index (χ4n) is 4.10. The van der Waals surface area contributed by atoms with Crippen LogP contribution in [0.4, 0.5) is 13.2 Å². The number of alkyl halides is 3. The summed E-state index contributed by atoms with van der Waals surface area (Å²) in [5.41, 5.74) is 1.15. The van der Waals surface area contributed by atoms with Gasteiger partial charge in [0.25, 0.3) is 5.56 Å². The summed E-state index contributed by atoms with van der Waals surface area (Å²) < 4.78 is 41.2. The highest BCUT2D eigenvalue weighted by molar-refractivity contribution is 7.99. The van der Waals surface area contributed by atoms with E-state index in [1.807, 2.05) is 31.2 Å². The zero-order valence-corrected chi connectivity index (χ0v) is 19.2. The van der Waals surface area contributed by atoms with E-state index >= 15 is 0 Å². The van der Waals surface area contributed by atoms with Crippen LogP contribution in [-0.4, -0.2) is 26.1 Å². The lowest BCUT2D eigenvalue weighted by molar-refractivity contribution is -0.137. The third-order valence-electron chi connectivity index (χ3n) is 5.68. The molecule has 0 radical (unpaired) electrons. The predicted molar refractivity (Wildman–Crippen MR) is 130 cm³/mol. The Morgan fingerprint density at radius 2 is 1.71 bits per heavy atom. The maximum Gasteiger partial charge on any atom is 0.416 e. The van der Waals surface area contributed by atoms with Crippen LogP contribution in [0.5, 0.6) is 0 Å². The minimum atomic E-state index is -4.57. The van der Waals surface area contributed by atoms with Gasteiger partial charge in [-0.25, -0.2) is 4.98 Å². The van der Waals surface area contributed by atoms with Crippen molar-refractivity contribution in [3.63, 3.8) is 0 Å². The molecule has 3 aromatic carbocycles. The number of aryl methyl sites for hydroxylation is 1. The monoisotopic (exact) mass is 493 g/mol. The van der Waals surface area contributed by atoms with Gasteiger partial charge in [0.1, 0.15) is 0 Å². The molecule has 176 valence electrons. The maximum absolute atomic E-state index is 13.4. The number of hydrogen-bond donors (Lipinski definition) is 1. The van der Waals surface area contributed by atoms with Crippen molar-refractivity contribution in [3.05, 3.63) is 100.0 Å². The molecule has 0 aliphatic heterocycles. The second-order valence-corrected chi connectivity index (χ2v) is 8.93. The highest BCUT2D eigenvalue weighted by Crippen LogP contribution is 2.31. The van der Waals surface area contributed by atoms with Crippen molar-refractivity contribution in [2.24, 2.45) is 0 Å². The van der Waals surface area contributed by atoms with Crippen LogP contribution in [0.2, 0.25) is 0 Å². The molecule has 2 aromatic heterocycles. The number of thioether (sulfide) groups is 1. The maximum atomic E-state index is 13.4. The Morgan fingerprint density at radius 3 is 2.49 bits per heavy atom. The van der Waals surface area contributed by atoms with Crippen molar-refractivity contribution in [3.8, 4) is 5.69 Å². The van der Waals surface area contributed by atoms with Crippen molar-refractivity contribution in [1.82, 2.24) is 14.5 Å². The number of nitrogens with zero attached hydrogens (tertiary/aromatic N) is 2. The van der Waals surface area contributed by atoms with E-state index in [4.69, 9.17) is 0 Å². The van der Waals surface area contributed by atoms with Crippen molar-refractivity contribution in [1.29, 1.82) is 0 Å². The summed E-state index contributed by atoms with van der Waals surface area (Å²) in [5.74, 6) is -0.227. The number of para-hydroxylation sites is 2. The lowest BCUT2D eigenvalue weighted by atomic mass is 10.1. The molecule has 5 aromatic rings. The van der Waals surface area contributed by atoms with Gasteiger partial charge in [0.2, 0.25) is 0 Å². The highest BCUT2D eigenvalue weighted by Gasteiger charge is 2.31. The van der Waals surface area contributed by atoms with Crippen LogP contribution in [0.15, 0.2) is 82.7 Å². The van der Waals surface area contributed by atoms with Gasteiger partial charge < -0.3 is 4.98 Å². The van der Waals surface area contributed by atoms with E-state index < -0.39 is 17.3 Å². The number of fused-ring (bicyclic) bond motifs is 2. The van der Waals surface area contributed by atoms with E-state index in [1.54, 1.807) is 24.3 Å². The molecular weight excluding hydrogens is 475 g/mol. The van der Waals surface area contributed by atoms with Gasteiger partial charge in [-0.05, 0) is 43.3 Å². The average Bonchev–Trinajstić information content (AvgIpc) is 3.18. The standard InChI is InChI=1S/C26H18F3N3O2S/c1-15-23(18-9-2-4-11-20(18)30-15)22(33)14-35-25-31-21-12-5-3-10-19(21)24(34)32(25)17-8-6-7-16(13-17)26(27,28)29/h2-13,30H,14H2,1H3. The molecule has 2 heterocycles. The molecular formula is C26H18F3N3O2S. The summed E-state index contributed by atoms with van der Waals surface area (Å²) in [5, 5.41) is 1.20. The first-order valence-corrected chi connectivity index (χ1v) is 11.7. The lowest BCUT2D eigenvalue weighted by Gasteiger charge is -2.15. The predicted octanol–water partition coefficient (Wildman–Crippen LogP) is 6.17. The smallest absolute Gasteiger partial charge is 0.358 e. The first kappa shape index (κ1) is 22.9. The first-order chi connectivity index (χ1) is 16.7. The van der Waals surface area contributed by atoms with Gasteiger partial charge in [-0.1, -0.05) is 48.2 Å². The molecule has 0 aliphatic rings. The number of rotatable bonds is 5. The van der Waals surface area contributed by atoms with Crippen LogP contribution < -0.4 is 5.56 Å². The van der Waals surface area contributed by atoms with Gasteiger partial charge in [-0.2, -0.15) is 13.2 Å². The SMILES string of the molecule is Cc1[nH]c2ccccc2c1C(=O)CSc1nc2ccccc2c(=O)n1-c1cccc(C(F)(F)F)c1. The van der Waals surface area contributed by atoms with E-state index in [-0.39, 0.29) is 27.8 Å². The largest absolute Gasteiger partial charge is 0.416 e. The zero-order chi connectivity index (χ0) is 24.7.